The Morgan fingerprint density at radius 3 is 2.41 bits per heavy atom. The van der Waals surface area contributed by atoms with Crippen LogP contribution in [0.4, 0.5) is 0 Å². The molecule has 2 aliphatic rings. The Hall–Kier alpha value is -3.02. The first kappa shape index (κ1) is 28.1. The maximum atomic E-state index is 13.8. The van der Waals surface area contributed by atoms with E-state index in [1.807, 2.05) is 22.6 Å². The van der Waals surface area contributed by atoms with Crippen molar-refractivity contribution in [1.29, 1.82) is 0 Å². The lowest BCUT2D eigenvalue weighted by Gasteiger charge is -2.26. The highest BCUT2D eigenvalue weighted by Crippen LogP contribution is 2.27. The molecule has 9 nitrogen and oxygen atoms in total. The van der Waals surface area contributed by atoms with Gasteiger partial charge in [0.2, 0.25) is 5.43 Å². The molecule has 0 radical (unpaired) electrons. The summed E-state index contributed by atoms with van der Waals surface area (Å²) in [6, 6.07) is 13.4. The first-order valence-electron chi connectivity index (χ1n) is 13.9. The molecule has 41 heavy (non-hydrogen) atoms. The Morgan fingerprint density at radius 1 is 0.951 bits per heavy atom. The Balaban J connectivity index is 1.33. The summed E-state index contributed by atoms with van der Waals surface area (Å²) in [5.41, 5.74) is 3.51. The van der Waals surface area contributed by atoms with E-state index >= 15 is 0 Å². The number of pyridine rings is 1. The van der Waals surface area contributed by atoms with Crippen molar-refractivity contribution in [2.24, 2.45) is 0 Å². The maximum Gasteiger partial charge on any atom is 0.257 e. The number of morpholine rings is 1. The molecule has 0 spiro atoms. The number of nitrogens with one attached hydrogen (secondary N) is 1. The van der Waals surface area contributed by atoms with Gasteiger partial charge in [-0.2, -0.15) is 0 Å². The molecule has 0 unspecified atom stereocenters. The summed E-state index contributed by atoms with van der Waals surface area (Å²) in [5, 5.41) is 5.00. The summed E-state index contributed by atoms with van der Waals surface area (Å²) in [5.74, 6) is -0.0717. The van der Waals surface area contributed by atoms with Crippen LogP contribution in [-0.2, 0) is 34.1 Å². The molecule has 2 aromatic carbocycles. The van der Waals surface area contributed by atoms with Gasteiger partial charge in [0.15, 0.2) is 9.84 Å². The zero-order valence-corrected chi connectivity index (χ0v) is 24.3. The summed E-state index contributed by atoms with van der Waals surface area (Å²) < 4.78 is 31.2. The molecule has 216 valence electrons. The summed E-state index contributed by atoms with van der Waals surface area (Å²) in [7, 11) is -2.95. The summed E-state index contributed by atoms with van der Waals surface area (Å²) in [6.07, 6.45) is 2.32. The molecule has 2 aromatic heterocycles. The number of ether oxygens (including phenoxy) is 1. The zero-order chi connectivity index (χ0) is 28.6. The van der Waals surface area contributed by atoms with Gasteiger partial charge >= 0.3 is 0 Å². The molecule has 2 fully saturated rings. The van der Waals surface area contributed by atoms with Crippen LogP contribution in [0.15, 0.2) is 53.5 Å². The molecule has 0 bridgehead atoms. The zero-order valence-electron chi connectivity index (χ0n) is 22.8. The molecule has 0 atom stereocenters. The van der Waals surface area contributed by atoms with E-state index in [0.717, 1.165) is 40.8 Å². The van der Waals surface area contributed by atoms with Crippen LogP contribution in [0.2, 0.25) is 5.02 Å². The lowest BCUT2D eigenvalue weighted by molar-refractivity contribution is 0.0342. The fourth-order valence-corrected chi connectivity index (χ4v) is 7.14. The number of carbonyl (C=O) groups excluding carboxylic acids is 1. The van der Waals surface area contributed by atoms with Gasteiger partial charge in [0.1, 0.15) is 5.56 Å². The molecule has 1 N–H and O–H groups in total. The molecule has 11 heteroatoms. The third-order valence-electron chi connectivity index (χ3n) is 8.06. The number of halogens is 1. The van der Waals surface area contributed by atoms with Gasteiger partial charge in [0.25, 0.3) is 5.91 Å². The van der Waals surface area contributed by atoms with Crippen LogP contribution >= 0.6 is 11.6 Å². The third-order valence-corrected chi connectivity index (χ3v) is 9.92. The molecular formula is C30H33ClN4O5S. The van der Waals surface area contributed by atoms with Crippen molar-refractivity contribution in [3.05, 3.63) is 86.3 Å². The van der Waals surface area contributed by atoms with Gasteiger partial charge in [-0.15, -0.1) is 0 Å². The fraction of sp³-hybridized carbons (Fsp3) is 0.400. The molecule has 0 saturated carbocycles. The molecule has 0 aliphatic carbocycles. The van der Waals surface area contributed by atoms with Gasteiger partial charge in [-0.1, -0.05) is 23.7 Å². The normalized spacial score (nSPS) is 18.3. The van der Waals surface area contributed by atoms with Crippen molar-refractivity contribution < 1.29 is 17.9 Å². The molecule has 2 aliphatic heterocycles. The largest absolute Gasteiger partial charge is 0.379 e. The van der Waals surface area contributed by atoms with Crippen LogP contribution in [0.3, 0.4) is 0 Å². The summed E-state index contributed by atoms with van der Waals surface area (Å²) in [6.45, 7) is 5.74. The second-order valence-corrected chi connectivity index (χ2v) is 13.6. The van der Waals surface area contributed by atoms with Crippen LogP contribution in [-0.4, -0.2) is 86.0 Å². The van der Waals surface area contributed by atoms with E-state index in [1.54, 1.807) is 18.3 Å². The molecule has 2 saturated heterocycles. The van der Waals surface area contributed by atoms with E-state index in [9.17, 15) is 18.0 Å². The van der Waals surface area contributed by atoms with Crippen LogP contribution in [0, 0.1) is 0 Å². The van der Waals surface area contributed by atoms with E-state index < -0.39 is 15.7 Å². The monoisotopic (exact) mass is 596 g/mol. The van der Waals surface area contributed by atoms with Gasteiger partial charge < -0.3 is 19.4 Å². The quantitative estimate of drug-likeness (QED) is 0.334. The van der Waals surface area contributed by atoms with Crippen molar-refractivity contribution >= 4 is 43.6 Å². The van der Waals surface area contributed by atoms with Gasteiger partial charge in [-0.05, 0) is 41.5 Å². The number of benzene rings is 2. The Bertz CT molecular complexity index is 1720. The number of nitrogens with zero attached hydrogens (tertiary/aromatic N) is 3. The van der Waals surface area contributed by atoms with Crippen LogP contribution in [0.25, 0.3) is 16.3 Å². The smallest absolute Gasteiger partial charge is 0.257 e. The number of aromatic nitrogens is 1. The molecular weight excluding hydrogens is 564 g/mol. The number of carbonyl (C=O) groups is 1. The predicted octanol–water partition coefficient (Wildman–Crippen LogP) is 2.58. The number of hydrogen-bond acceptors (Lipinski definition) is 7. The molecule has 1 amide bonds. The average Bonchev–Trinajstić information content (AvgIpc) is 3.31. The van der Waals surface area contributed by atoms with Crippen molar-refractivity contribution in [3.63, 3.8) is 0 Å². The topological polar surface area (TPSA) is 100 Å². The third kappa shape index (κ3) is 6.27. The maximum absolute atomic E-state index is 13.8. The van der Waals surface area contributed by atoms with Crippen LogP contribution in [0.5, 0.6) is 0 Å². The van der Waals surface area contributed by atoms with Gasteiger partial charge in [0.05, 0.1) is 30.2 Å². The highest BCUT2D eigenvalue weighted by Gasteiger charge is 2.23. The number of sulfone groups is 1. The lowest BCUT2D eigenvalue weighted by atomic mass is 10.0. The van der Waals surface area contributed by atoms with E-state index in [4.69, 9.17) is 16.3 Å². The minimum Gasteiger partial charge on any atom is -0.379 e. The number of amides is 1. The summed E-state index contributed by atoms with van der Waals surface area (Å²) in [4.78, 5) is 31.6. The molecule has 6 rings (SSSR count). The van der Waals surface area contributed by atoms with E-state index in [2.05, 4.69) is 27.2 Å². The van der Waals surface area contributed by atoms with E-state index in [1.165, 1.54) is 0 Å². The van der Waals surface area contributed by atoms with Crippen molar-refractivity contribution in [1.82, 2.24) is 19.5 Å². The number of hydrogen-bond donors (Lipinski definition) is 1. The standard InChI is InChI=1S/C30H33ClN4O5S/c31-24-3-1-21(2-4-24)18-32-30(37)27-20-35-25(5-6-33-9-13-41(38,39)14-10-33)17-23-15-22(16-26(28(23)35)29(27)36)19-34-7-11-40-12-8-34/h1-4,15-17,20H,5-14,18-19H2,(H,32,37). The fourth-order valence-electron chi connectivity index (χ4n) is 5.73. The van der Waals surface area contributed by atoms with Crippen molar-refractivity contribution in [3.8, 4) is 0 Å². The van der Waals surface area contributed by atoms with Crippen molar-refractivity contribution in [2.45, 2.75) is 19.5 Å². The SMILES string of the molecule is O=C(NCc1ccc(Cl)cc1)c1cn2c(CCN3CCS(=O)(=O)CC3)cc3cc(CN4CCOCC4)cc(c1=O)c32. The molecule has 4 aromatic rings. The minimum absolute atomic E-state index is 0.0952. The second-order valence-electron chi connectivity index (χ2n) is 10.9. The Kier molecular flexibility index (Phi) is 8.02. The first-order valence-corrected chi connectivity index (χ1v) is 16.1. The van der Waals surface area contributed by atoms with Gasteiger partial charge in [-0.3, -0.25) is 14.5 Å². The van der Waals surface area contributed by atoms with E-state index in [-0.39, 0.29) is 29.0 Å². The Labute approximate surface area is 243 Å². The van der Waals surface area contributed by atoms with Crippen LogP contribution in [0.1, 0.15) is 27.2 Å². The lowest BCUT2D eigenvalue weighted by Crippen LogP contribution is -2.41. The summed E-state index contributed by atoms with van der Waals surface area (Å²) >= 11 is 5.98. The average molecular weight is 597 g/mol. The minimum atomic E-state index is -2.95. The van der Waals surface area contributed by atoms with E-state index in [0.29, 0.717) is 56.2 Å². The highest BCUT2D eigenvalue weighted by atomic mass is 35.5. The second kappa shape index (κ2) is 11.7. The number of rotatable bonds is 8. The Morgan fingerprint density at radius 2 is 1.68 bits per heavy atom. The van der Waals surface area contributed by atoms with Gasteiger partial charge in [0, 0.05) is 79.9 Å². The van der Waals surface area contributed by atoms with Crippen LogP contribution < -0.4 is 10.7 Å². The predicted molar refractivity (Wildman–Crippen MR) is 160 cm³/mol. The first-order chi connectivity index (χ1) is 19.8. The van der Waals surface area contributed by atoms with Crippen molar-refractivity contribution in [2.75, 3.05) is 57.4 Å². The van der Waals surface area contributed by atoms with Gasteiger partial charge in [-0.25, -0.2) is 8.42 Å². The highest BCUT2D eigenvalue weighted by molar-refractivity contribution is 7.91. The molecule has 4 heterocycles.